The van der Waals surface area contributed by atoms with E-state index in [0.717, 1.165) is 12.0 Å². The Kier molecular flexibility index (Phi) is 4.80. The number of nitrogens with zero attached hydrogens (tertiary/aromatic N) is 4. The van der Waals surface area contributed by atoms with E-state index in [2.05, 4.69) is 20.4 Å². The molecule has 3 heterocycles. The van der Waals surface area contributed by atoms with Crippen molar-refractivity contribution in [2.75, 3.05) is 0 Å². The summed E-state index contributed by atoms with van der Waals surface area (Å²) in [5.74, 6) is -0.541. The van der Waals surface area contributed by atoms with Gasteiger partial charge in [-0.3, -0.25) is 14.8 Å². The van der Waals surface area contributed by atoms with Gasteiger partial charge >= 0.3 is 0 Å². The molecule has 140 valence electrons. The number of carbonyl (C=O) groups excluding carboxylic acids is 1. The molecule has 1 unspecified atom stereocenters. The van der Waals surface area contributed by atoms with Gasteiger partial charge in [0, 0.05) is 24.0 Å². The molecule has 0 fully saturated rings. The summed E-state index contributed by atoms with van der Waals surface area (Å²) in [4.78, 5) is 21.2. The van der Waals surface area contributed by atoms with E-state index < -0.39 is 0 Å². The van der Waals surface area contributed by atoms with E-state index >= 15 is 0 Å². The van der Waals surface area contributed by atoms with E-state index in [0.29, 0.717) is 22.2 Å². The third-order valence-corrected chi connectivity index (χ3v) is 4.63. The maximum absolute atomic E-state index is 13.2. The minimum Gasteiger partial charge on any atom is -0.345 e. The number of fused-ring (bicyclic) bond motifs is 1. The summed E-state index contributed by atoms with van der Waals surface area (Å²) in [6.45, 7) is 2.01. The summed E-state index contributed by atoms with van der Waals surface area (Å²) in [5, 5.41) is 8.10. The van der Waals surface area contributed by atoms with Crippen LogP contribution in [0.25, 0.3) is 16.6 Å². The van der Waals surface area contributed by atoms with Crippen LogP contribution in [0.3, 0.4) is 0 Å². The molecule has 1 atom stereocenters. The SMILES string of the molecule is CCC(NC(=O)c1cncc2c1cnn2-c1ccc(F)cc1)c1ccncc1. The molecule has 4 rings (SSSR count). The lowest BCUT2D eigenvalue weighted by Crippen LogP contribution is -2.28. The maximum Gasteiger partial charge on any atom is 0.254 e. The molecule has 28 heavy (non-hydrogen) atoms. The summed E-state index contributed by atoms with van der Waals surface area (Å²) in [5.41, 5.74) is 2.81. The van der Waals surface area contributed by atoms with Crippen LogP contribution in [0.15, 0.2) is 67.4 Å². The largest absolute Gasteiger partial charge is 0.345 e. The average molecular weight is 375 g/mol. The third-order valence-electron chi connectivity index (χ3n) is 4.63. The number of nitrogens with one attached hydrogen (secondary N) is 1. The van der Waals surface area contributed by atoms with Crippen molar-refractivity contribution in [1.82, 2.24) is 25.1 Å². The Balaban J connectivity index is 1.67. The van der Waals surface area contributed by atoms with Gasteiger partial charge < -0.3 is 5.32 Å². The summed E-state index contributed by atoms with van der Waals surface area (Å²) in [6.07, 6.45) is 8.96. The Morgan fingerprint density at radius 3 is 2.54 bits per heavy atom. The first-order valence-electron chi connectivity index (χ1n) is 8.96. The predicted molar refractivity (Wildman–Crippen MR) is 104 cm³/mol. The molecule has 0 aliphatic carbocycles. The molecule has 1 aromatic carbocycles. The number of halogens is 1. The molecule has 3 aromatic heterocycles. The Labute approximate surface area is 161 Å². The van der Waals surface area contributed by atoms with Crippen molar-refractivity contribution in [3.63, 3.8) is 0 Å². The number of amides is 1. The molecule has 1 amide bonds. The van der Waals surface area contributed by atoms with Gasteiger partial charge in [0.25, 0.3) is 5.91 Å². The lowest BCUT2D eigenvalue weighted by atomic mass is 10.1. The van der Waals surface area contributed by atoms with Gasteiger partial charge in [-0.1, -0.05) is 6.92 Å². The van der Waals surface area contributed by atoms with E-state index in [4.69, 9.17) is 0 Å². The molecule has 1 N–H and O–H groups in total. The molecule has 0 spiro atoms. The fraction of sp³-hybridized carbons (Fsp3) is 0.143. The van der Waals surface area contributed by atoms with E-state index in [1.165, 1.54) is 18.3 Å². The van der Waals surface area contributed by atoms with E-state index in [9.17, 15) is 9.18 Å². The minimum absolute atomic E-state index is 0.127. The van der Waals surface area contributed by atoms with Gasteiger partial charge in [-0.15, -0.1) is 0 Å². The van der Waals surface area contributed by atoms with Crippen LogP contribution in [0.1, 0.15) is 35.3 Å². The van der Waals surface area contributed by atoms with Gasteiger partial charge in [0.2, 0.25) is 0 Å². The fourth-order valence-electron chi connectivity index (χ4n) is 3.16. The van der Waals surface area contributed by atoms with Crippen LogP contribution in [0, 0.1) is 5.82 Å². The molecule has 4 aromatic rings. The van der Waals surface area contributed by atoms with Crippen LogP contribution in [-0.2, 0) is 0 Å². The van der Waals surface area contributed by atoms with Gasteiger partial charge in [-0.25, -0.2) is 9.07 Å². The Hall–Kier alpha value is -3.61. The molecule has 0 aliphatic rings. The lowest BCUT2D eigenvalue weighted by molar-refractivity contribution is 0.0937. The van der Waals surface area contributed by atoms with Crippen molar-refractivity contribution in [1.29, 1.82) is 0 Å². The number of carbonyl (C=O) groups is 1. The zero-order chi connectivity index (χ0) is 19.5. The molecule has 0 radical (unpaired) electrons. The highest BCUT2D eigenvalue weighted by atomic mass is 19.1. The number of hydrogen-bond donors (Lipinski definition) is 1. The van der Waals surface area contributed by atoms with Gasteiger partial charge in [0.05, 0.1) is 35.2 Å². The van der Waals surface area contributed by atoms with Crippen molar-refractivity contribution in [2.24, 2.45) is 0 Å². The summed E-state index contributed by atoms with van der Waals surface area (Å²) >= 11 is 0. The van der Waals surface area contributed by atoms with Gasteiger partial charge in [0.1, 0.15) is 5.82 Å². The van der Waals surface area contributed by atoms with Crippen LogP contribution in [0.4, 0.5) is 4.39 Å². The quantitative estimate of drug-likeness (QED) is 0.575. The number of rotatable bonds is 5. The highest BCUT2D eigenvalue weighted by molar-refractivity contribution is 6.06. The Bertz CT molecular complexity index is 1110. The number of benzene rings is 1. The second kappa shape index (κ2) is 7.56. The lowest BCUT2D eigenvalue weighted by Gasteiger charge is -2.17. The van der Waals surface area contributed by atoms with E-state index in [-0.39, 0.29) is 17.8 Å². The van der Waals surface area contributed by atoms with Crippen molar-refractivity contribution >= 4 is 16.8 Å². The minimum atomic E-state index is -0.319. The third kappa shape index (κ3) is 3.34. The standard InChI is InChI=1S/C21H18FN5O/c1-2-19(14-7-9-23-10-8-14)26-21(28)18-11-24-13-20-17(18)12-25-27(20)16-5-3-15(22)4-6-16/h3-13,19H,2H2,1H3,(H,26,28). The van der Waals surface area contributed by atoms with Gasteiger partial charge in [-0.05, 0) is 48.4 Å². The maximum atomic E-state index is 13.2. The van der Waals surface area contributed by atoms with Crippen molar-refractivity contribution < 1.29 is 9.18 Å². The van der Waals surface area contributed by atoms with Crippen molar-refractivity contribution in [3.8, 4) is 5.69 Å². The molecule has 0 saturated carbocycles. The molecular formula is C21H18FN5O. The molecule has 7 heteroatoms. The monoisotopic (exact) mass is 375 g/mol. The Morgan fingerprint density at radius 1 is 1.07 bits per heavy atom. The smallest absolute Gasteiger partial charge is 0.254 e. The molecule has 6 nitrogen and oxygen atoms in total. The zero-order valence-corrected chi connectivity index (χ0v) is 15.2. The average Bonchev–Trinajstić information content (AvgIpc) is 3.17. The first kappa shape index (κ1) is 17.8. The molecular weight excluding hydrogens is 357 g/mol. The fourth-order valence-corrected chi connectivity index (χ4v) is 3.16. The van der Waals surface area contributed by atoms with Crippen LogP contribution in [0.5, 0.6) is 0 Å². The number of pyridine rings is 2. The van der Waals surface area contributed by atoms with Crippen LogP contribution in [0.2, 0.25) is 0 Å². The van der Waals surface area contributed by atoms with Crippen LogP contribution < -0.4 is 5.32 Å². The summed E-state index contributed by atoms with van der Waals surface area (Å²) in [6, 6.07) is 9.65. The van der Waals surface area contributed by atoms with Crippen molar-refractivity contribution in [2.45, 2.75) is 19.4 Å². The molecule has 0 saturated heterocycles. The predicted octanol–water partition coefficient (Wildman–Crippen LogP) is 3.84. The summed E-state index contributed by atoms with van der Waals surface area (Å²) < 4.78 is 14.8. The highest BCUT2D eigenvalue weighted by Crippen LogP contribution is 2.22. The summed E-state index contributed by atoms with van der Waals surface area (Å²) in [7, 11) is 0. The second-order valence-electron chi connectivity index (χ2n) is 6.37. The molecule has 0 bridgehead atoms. The molecule has 0 aliphatic heterocycles. The van der Waals surface area contributed by atoms with E-state index in [1.54, 1.807) is 41.6 Å². The van der Waals surface area contributed by atoms with Crippen LogP contribution in [-0.4, -0.2) is 25.7 Å². The van der Waals surface area contributed by atoms with Gasteiger partial charge in [0.15, 0.2) is 0 Å². The first-order valence-corrected chi connectivity index (χ1v) is 8.96. The second-order valence-corrected chi connectivity index (χ2v) is 6.37. The number of hydrogen-bond acceptors (Lipinski definition) is 4. The zero-order valence-electron chi connectivity index (χ0n) is 15.2. The highest BCUT2D eigenvalue weighted by Gasteiger charge is 2.18. The normalized spacial score (nSPS) is 12.1. The van der Waals surface area contributed by atoms with Crippen molar-refractivity contribution in [3.05, 3.63) is 84.3 Å². The topological polar surface area (TPSA) is 72.7 Å². The Morgan fingerprint density at radius 2 is 1.82 bits per heavy atom. The number of aromatic nitrogens is 4. The van der Waals surface area contributed by atoms with Crippen LogP contribution >= 0.6 is 0 Å². The van der Waals surface area contributed by atoms with E-state index in [1.807, 2.05) is 19.1 Å². The first-order chi connectivity index (χ1) is 13.7. The van der Waals surface area contributed by atoms with Gasteiger partial charge in [-0.2, -0.15) is 5.10 Å².